The van der Waals surface area contributed by atoms with Crippen molar-refractivity contribution < 1.29 is 19.1 Å². The summed E-state index contributed by atoms with van der Waals surface area (Å²) < 4.78 is 13.3. The molecule has 0 spiro atoms. The van der Waals surface area contributed by atoms with Gasteiger partial charge in [0.25, 0.3) is 5.91 Å². The predicted octanol–water partition coefficient (Wildman–Crippen LogP) is 2.26. The van der Waals surface area contributed by atoms with E-state index < -0.39 is 23.2 Å². The molecule has 19 heavy (non-hydrogen) atoms. The van der Waals surface area contributed by atoms with Crippen LogP contribution in [-0.4, -0.2) is 22.5 Å². The van der Waals surface area contributed by atoms with E-state index >= 15 is 0 Å². The van der Waals surface area contributed by atoms with Gasteiger partial charge in [0, 0.05) is 5.56 Å². The lowest BCUT2D eigenvalue weighted by Gasteiger charge is -2.41. The molecule has 0 aliphatic heterocycles. The second kappa shape index (κ2) is 4.99. The number of carboxylic acids is 1. The molecule has 0 radical (unpaired) electrons. The average Bonchev–Trinajstić information content (AvgIpc) is 2.23. The summed E-state index contributed by atoms with van der Waals surface area (Å²) in [5, 5.41) is 11.6. The third kappa shape index (κ3) is 3.10. The van der Waals surface area contributed by atoms with Crippen LogP contribution in [0, 0.1) is 12.7 Å². The van der Waals surface area contributed by atoms with Crippen LogP contribution < -0.4 is 5.32 Å². The first-order valence-corrected chi connectivity index (χ1v) is 6.22. The average molecular weight is 265 g/mol. The molecular weight excluding hydrogens is 249 g/mol. The van der Waals surface area contributed by atoms with Gasteiger partial charge in [-0.1, -0.05) is 0 Å². The van der Waals surface area contributed by atoms with E-state index in [2.05, 4.69) is 5.32 Å². The van der Waals surface area contributed by atoms with Gasteiger partial charge >= 0.3 is 5.97 Å². The maximum Gasteiger partial charge on any atom is 0.305 e. The van der Waals surface area contributed by atoms with E-state index in [0.717, 1.165) is 12.5 Å². The first-order valence-electron chi connectivity index (χ1n) is 6.22. The Kier molecular flexibility index (Phi) is 3.55. The topological polar surface area (TPSA) is 66.4 Å². The standard InChI is InChI=1S/C14H16FNO3/c1-9-5-10(7-11(15)6-9)13(19)16-14(3-2-4-14)8-12(17)18/h5-7H,2-4,8H2,1H3,(H,16,19)(H,17,18). The zero-order chi connectivity index (χ0) is 14.0. The highest BCUT2D eigenvalue weighted by Gasteiger charge is 2.40. The molecule has 2 N–H and O–H groups in total. The Hall–Kier alpha value is -1.91. The van der Waals surface area contributed by atoms with E-state index in [-0.39, 0.29) is 12.0 Å². The van der Waals surface area contributed by atoms with Gasteiger partial charge in [0.15, 0.2) is 0 Å². The summed E-state index contributed by atoms with van der Waals surface area (Å²) in [7, 11) is 0. The molecule has 1 aliphatic carbocycles. The Bertz CT molecular complexity index is 503. The van der Waals surface area contributed by atoms with Gasteiger partial charge in [0.05, 0.1) is 12.0 Å². The Morgan fingerprint density at radius 3 is 2.53 bits per heavy atom. The lowest BCUT2D eigenvalue weighted by Crippen LogP contribution is -2.54. The van der Waals surface area contributed by atoms with Crippen molar-refractivity contribution in [1.29, 1.82) is 0 Å². The van der Waals surface area contributed by atoms with E-state index in [1.807, 2.05) is 0 Å². The van der Waals surface area contributed by atoms with Crippen molar-refractivity contribution in [3.05, 3.63) is 35.1 Å². The zero-order valence-electron chi connectivity index (χ0n) is 10.7. The van der Waals surface area contributed by atoms with Crippen LogP contribution in [0.3, 0.4) is 0 Å². The minimum Gasteiger partial charge on any atom is -0.481 e. The van der Waals surface area contributed by atoms with Gasteiger partial charge in [-0.25, -0.2) is 4.39 Å². The first-order chi connectivity index (χ1) is 8.90. The second-order valence-electron chi connectivity index (χ2n) is 5.18. The summed E-state index contributed by atoms with van der Waals surface area (Å²) in [5.74, 6) is -1.81. The number of nitrogens with one attached hydrogen (secondary N) is 1. The van der Waals surface area contributed by atoms with Crippen molar-refractivity contribution in [3.8, 4) is 0 Å². The molecule has 1 fully saturated rings. The zero-order valence-corrected chi connectivity index (χ0v) is 10.7. The molecule has 0 aromatic heterocycles. The quantitative estimate of drug-likeness (QED) is 0.877. The monoisotopic (exact) mass is 265 g/mol. The third-order valence-electron chi connectivity index (χ3n) is 3.48. The normalized spacial score (nSPS) is 16.5. The molecule has 1 aliphatic rings. The van der Waals surface area contributed by atoms with Crippen LogP contribution in [-0.2, 0) is 4.79 Å². The molecule has 2 rings (SSSR count). The SMILES string of the molecule is Cc1cc(F)cc(C(=O)NC2(CC(=O)O)CCC2)c1. The smallest absolute Gasteiger partial charge is 0.305 e. The summed E-state index contributed by atoms with van der Waals surface area (Å²) in [4.78, 5) is 22.9. The first kappa shape index (κ1) is 13.5. The Morgan fingerprint density at radius 1 is 1.37 bits per heavy atom. The minimum absolute atomic E-state index is 0.0902. The molecule has 0 atom stereocenters. The van der Waals surface area contributed by atoms with E-state index in [0.29, 0.717) is 18.4 Å². The Morgan fingerprint density at radius 2 is 2.05 bits per heavy atom. The number of rotatable bonds is 4. The Labute approximate surface area is 110 Å². The van der Waals surface area contributed by atoms with Gasteiger partial charge < -0.3 is 10.4 Å². The number of aryl methyl sites for hydroxylation is 1. The number of hydrogen-bond donors (Lipinski definition) is 2. The van der Waals surface area contributed by atoms with Gasteiger partial charge in [0.1, 0.15) is 5.82 Å². The molecule has 0 bridgehead atoms. The van der Waals surface area contributed by atoms with Crippen molar-refractivity contribution >= 4 is 11.9 Å². The fourth-order valence-corrected chi connectivity index (χ4v) is 2.42. The molecule has 4 nitrogen and oxygen atoms in total. The molecule has 0 heterocycles. The maximum atomic E-state index is 13.3. The summed E-state index contributed by atoms with van der Waals surface area (Å²) in [6.45, 7) is 1.70. The number of carbonyl (C=O) groups excluding carboxylic acids is 1. The van der Waals surface area contributed by atoms with E-state index in [9.17, 15) is 14.0 Å². The highest BCUT2D eigenvalue weighted by Crippen LogP contribution is 2.35. The van der Waals surface area contributed by atoms with Gasteiger partial charge in [-0.15, -0.1) is 0 Å². The van der Waals surface area contributed by atoms with Crippen molar-refractivity contribution in [1.82, 2.24) is 5.32 Å². The molecule has 0 saturated heterocycles. The number of carboxylic acid groups (broad SMARTS) is 1. The number of carbonyl (C=O) groups is 2. The van der Waals surface area contributed by atoms with E-state index in [4.69, 9.17) is 5.11 Å². The fraction of sp³-hybridized carbons (Fsp3) is 0.429. The van der Waals surface area contributed by atoms with Crippen molar-refractivity contribution in [3.63, 3.8) is 0 Å². The second-order valence-corrected chi connectivity index (χ2v) is 5.18. The van der Waals surface area contributed by atoms with E-state index in [1.165, 1.54) is 6.07 Å². The van der Waals surface area contributed by atoms with Crippen LogP contribution in [0.5, 0.6) is 0 Å². The molecule has 1 aromatic rings. The van der Waals surface area contributed by atoms with Crippen LogP contribution in [0.25, 0.3) is 0 Å². The number of benzene rings is 1. The number of amides is 1. The number of halogens is 1. The van der Waals surface area contributed by atoms with Gasteiger partial charge in [-0.05, 0) is 49.9 Å². The van der Waals surface area contributed by atoms with Crippen molar-refractivity contribution in [2.45, 2.75) is 38.1 Å². The molecular formula is C14H16FNO3. The largest absolute Gasteiger partial charge is 0.481 e. The van der Waals surface area contributed by atoms with Gasteiger partial charge in [-0.3, -0.25) is 9.59 Å². The molecule has 1 amide bonds. The van der Waals surface area contributed by atoms with Crippen molar-refractivity contribution in [2.75, 3.05) is 0 Å². The number of aliphatic carboxylic acids is 1. The summed E-state index contributed by atoms with van der Waals surface area (Å²) in [6.07, 6.45) is 2.11. The van der Waals surface area contributed by atoms with Crippen LogP contribution in [0.15, 0.2) is 18.2 Å². The molecule has 1 saturated carbocycles. The molecule has 102 valence electrons. The minimum atomic E-state index is -0.935. The summed E-state index contributed by atoms with van der Waals surface area (Å²) >= 11 is 0. The van der Waals surface area contributed by atoms with Crippen LogP contribution in [0.1, 0.15) is 41.6 Å². The maximum absolute atomic E-state index is 13.3. The highest BCUT2D eigenvalue weighted by atomic mass is 19.1. The molecule has 0 unspecified atom stereocenters. The third-order valence-corrected chi connectivity index (χ3v) is 3.48. The van der Waals surface area contributed by atoms with Gasteiger partial charge in [0.2, 0.25) is 0 Å². The fourth-order valence-electron chi connectivity index (χ4n) is 2.42. The van der Waals surface area contributed by atoms with Crippen LogP contribution >= 0.6 is 0 Å². The Balaban J connectivity index is 2.13. The lowest BCUT2D eigenvalue weighted by atomic mass is 9.74. The highest BCUT2D eigenvalue weighted by molar-refractivity contribution is 5.95. The summed E-state index contributed by atoms with van der Waals surface area (Å²) in [5.41, 5.74) is 0.226. The number of hydrogen-bond acceptors (Lipinski definition) is 2. The molecule has 5 heteroatoms. The molecule has 1 aromatic carbocycles. The van der Waals surface area contributed by atoms with Crippen LogP contribution in [0.4, 0.5) is 4.39 Å². The summed E-state index contributed by atoms with van der Waals surface area (Å²) in [6, 6.07) is 4.09. The van der Waals surface area contributed by atoms with Crippen molar-refractivity contribution in [2.24, 2.45) is 0 Å². The van der Waals surface area contributed by atoms with E-state index in [1.54, 1.807) is 13.0 Å². The van der Waals surface area contributed by atoms with Crippen LogP contribution in [0.2, 0.25) is 0 Å². The predicted molar refractivity (Wildman–Crippen MR) is 67.4 cm³/mol. The lowest BCUT2D eigenvalue weighted by molar-refractivity contribution is -0.139. The van der Waals surface area contributed by atoms with Gasteiger partial charge in [-0.2, -0.15) is 0 Å².